The van der Waals surface area contributed by atoms with Crippen LogP contribution >= 0.6 is 0 Å². The van der Waals surface area contributed by atoms with Crippen molar-refractivity contribution in [3.63, 3.8) is 0 Å². The van der Waals surface area contributed by atoms with Crippen LogP contribution in [0.3, 0.4) is 0 Å². The van der Waals surface area contributed by atoms with E-state index in [1.165, 1.54) is 5.69 Å². The average Bonchev–Trinajstić information content (AvgIpc) is 2.59. The Morgan fingerprint density at radius 3 is 2.44 bits per heavy atom. The summed E-state index contributed by atoms with van der Waals surface area (Å²) in [6, 6.07) is 6.17. The van der Waals surface area contributed by atoms with Crippen LogP contribution in [0.5, 0.6) is 0 Å². The van der Waals surface area contributed by atoms with Crippen molar-refractivity contribution >= 4 is 5.65 Å². The third-order valence-electron chi connectivity index (χ3n) is 2.65. The van der Waals surface area contributed by atoms with Gasteiger partial charge in [0.25, 0.3) is 0 Å². The summed E-state index contributed by atoms with van der Waals surface area (Å²) in [4.78, 5) is 4.58. The van der Waals surface area contributed by atoms with Crippen LogP contribution in [-0.4, -0.2) is 14.6 Å². The monoisotopic (exact) mass is 217 g/mol. The molecule has 0 bridgehead atoms. The molecule has 0 fully saturated rings. The normalized spacial score (nSPS) is 12.6. The minimum absolute atomic E-state index is 0.000267. The van der Waals surface area contributed by atoms with Gasteiger partial charge in [-0.2, -0.15) is 5.10 Å². The molecular weight excluding hydrogens is 198 g/mol. The van der Waals surface area contributed by atoms with E-state index in [9.17, 15) is 0 Å². The van der Waals surface area contributed by atoms with Crippen LogP contribution in [0, 0.1) is 0 Å². The van der Waals surface area contributed by atoms with Gasteiger partial charge in [0.15, 0.2) is 11.5 Å². The van der Waals surface area contributed by atoms with Crippen molar-refractivity contribution in [3.05, 3.63) is 29.7 Å². The fraction of sp³-hybridized carbons (Fsp3) is 0.538. The Balaban J connectivity index is 2.66. The highest BCUT2D eigenvalue weighted by molar-refractivity contribution is 5.40. The topological polar surface area (TPSA) is 30.2 Å². The fourth-order valence-electron chi connectivity index (χ4n) is 1.68. The molecule has 2 aromatic rings. The van der Waals surface area contributed by atoms with Crippen molar-refractivity contribution in [1.29, 1.82) is 0 Å². The molecule has 3 heteroatoms. The molecule has 0 aromatic carbocycles. The second-order valence-corrected chi connectivity index (χ2v) is 5.56. The van der Waals surface area contributed by atoms with Crippen LogP contribution in [0.1, 0.15) is 52.1 Å². The van der Waals surface area contributed by atoms with Gasteiger partial charge in [-0.3, -0.25) is 0 Å². The van der Waals surface area contributed by atoms with Crippen molar-refractivity contribution in [2.24, 2.45) is 0 Å². The highest BCUT2D eigenvalue weighted by atomic mass is 15.3. The Hall–Kier alpha value is -1.38. The first-order chi connectivity index (χ1) is 7.39. The smallest absolute Gasteiger partial charge is 0.157 e. The molecule has 0 amide bonds. The predicted molar refractivity (Wildman–Crippen MR) is 65.8 cm³/mol. The minimum atomic E-state index is 0.000267. The largest absolute Gasteiger partial charge is 0.217 e. The predicted octanol–water partition coefficient (Wildman–Crippen LogP) is 3.15. The van der Waals surface area contributed by atoms with Crippen molar-refractivity contribution in [1.82, 2.24) is 14.6 Å². The van der Waals surface area contributed by atoms with E-state index in [0.29, 0.717) is 5.92 Å². The number of pyridine rings is 1. The molecule has 86 valence electrons. The van der Waals surface area contributed by atoms with Gasteiger partial charge in [-0.1, -0.05) is 40.7 Å². The van der Waals surface area contributed by atoms with Crippen LogP contribution < -0.4 is 0 Å². The Morgan fingerprint density at radius 1 is 1.19 bits per heavy atom. The first-order valence-corrected chi connectivity index (χ1v) is 5.76. The Morgan fingerprint density at radius 2 is 1.88 bits per heavy atom. The molecule has 0 atom stereocenters. The van der Waals surface area contributed by atoms with Crippen molar-refractivity contribution < 1.29 is 0 Å². The van der Waals surface area contributed by atoms with E-state index in [-0.39, 0.29) is 5.41 Å². The summed E-state index contributed by atoms with van der Waals surface area (Å²) >= 11 is 0. The Kier molecular flexibility index (Phi) is 2.49. The maximum absolute atomic E-state index is 4.61. The van der Waals surface area contributed by atoms with E-state index in [1.54, 1.807) is 0 Å². The Bertz CT molecular complexity index is 503. The minimum Gasteiger partial charge on any atom is -0.217 e. The van der Waals surface area contributed by atoms with Gasteiger partial charge in [0.2, 0.25) is 0 Å². The molecule has 0 aliphatic rings. The number of hydrogen-bond donors (Lipinski definition) is 0. The zero-order valence-corrected chi connectivity index (χ0v) is 10.7. The lowest BCUT2D eigenvalue weighted by Crippen LogP contribution is -2.13. The van der Waals surface area contributed by atoms with Crippen molar-refractivity contribution in [2.75, 3.05) is 0 Å². The van der Waals surface area contributed by atoms with Crippen LogP contribution in [0.15, 0.2) is 18.2 Å². The van der Waals surface area contributed by atoms with Crippen LogP contribution in [0.2, 0.25) is 0 Å². The lowest BCUT2D eigenvalue weighted by atomic mass is 9.96. The number of aromatic nitrogens is 3. The zero-order valence-electron chi connectivity index (χ0n) is 10.7. The van der Waals surface area contributed by atoms with E-state index in [2.05, 4.69) is 50.8 Å². The molecule has 0 saturated carbocycles. The maximum atomic E-state index is 4.61. The highest BCUT2D eigenvalue weighted by Crippen LogP contribution is 2.21. The second-order valence-electron chi connectivity index (χ2n) is 5.56. The summed E-state index contributed by atoms with van der Waals surface area (Å²) < 4.78 is 1.96. The van der Waals surface area contributed by atoms with Gasteiger partial charge in [-0.15, -0.1) is 0 Å². The van der Waals surface area contributed by atoms with Gasteiger partial charge in [0.05, 0.1) is 0 Å². The molecule has 2 aromatic heterocycles. The lowest BCUT2D eigenvalue weighted by Gasteiger charge is -2.12. The standard InChI is InChI=1S/C13H19N3/c1-9(2)10-7-6-8-11-14-12(13(3,4)5)15-16(10)11/h6-9H,1-5H3. The van der Waals surface area contributed by atoms with Crippen molar-refractivity contribution in [3.8, 4) is 0 Å². The van der Waals surface area contributed by atoms with E-state index < -0.39 is 0 Å². The number of nitrogens with zero attached hydrogens (tertiary/aromatic N) is 3. The summed E-state index contributed by atoms with van der Waals surface area (Å²) in [6.45, 7) is 10.8. The van der Waals surface area contributed by atoms with E-state index in [0.717, 1.165) is 11.5 Å². The average molecular weight is 217 g/mol. The van der Waals surface area contributed by atoms with Gasteiger partial charge in [0, 0.05) is 11.1 Å². The first kappa shape index (κ1) is 11.1. The maximum Gasteiger partial charge on any atom is 0.157 e. The molecule has 2 rings (SSSR count). The van der Waals surface area contributed by atoms with E-state index in [4.69, 9.17) is 0 Å². The molecule has 0 N–H and O–H groups in total. The van der Waals surface area contributed by atoms with Gasteiger partial charge in [-0.25, -0.2) is 9.50 Å². The van der Waals surface area contributed by atoms with Crippen LogP contribution in [0.4, 0.5) is 0 Å². The van der Waals surface area contributed by atoms with Crippen molar-refractivity contribution in [2.45, 2.75) is 46.0 Å². The van der Waals surface area contributed by atoms with E-state index in [1.807, 2.05) is 16.6 Å². The van der Waals surface area contributed by atoms with Gasteiger partial charge < -0.3 is 0 Å². The summed E-state index contributed by atoms with van der Waals surface area (Å²) in [5.74, 6) is 1.36. The summed E-state index contributed by atoms with van der Waals surface area (Å²) in [6.07, 6.45) is 0. The number of hydrogen-bond acceptors (Lipinski definition) is 2. The SMILES string of the molecule is CC(C)c1cccc2nc(C(C)(C)C)nn12. The van der Waals surface area contributed by atoms with E-state index >= 15 is 0 Å². The summed E-state index contributed by atoms with van der Waals surface area (Å²) in [5.41, 5.74) is 2.15. The number of fused-ring (bicyclic) bond motifs is 1. The van der Waals surface area contributed by atoms with Gasteiger partial charge in [0.1, 0.15) is 0 Å². The molecule has 0 radical (unpaired) electrons. The molecule has 0 saturated heterocycles. The highest BCUT2D eigenvalue weighted by Gasteiger charge is 2.20. The molecule has 3 nitrogen and oxygen atoms in total. The molecule has 16 heavy (non-hydrogen) atoms. The first-order valence-electron chi connectivity index (χ1n) is 5.76. The van der Waals surface area contributed by atoms with Crippen LogP contribution in [0.25, 0.3) is 5.65 Å². The van der Waals surface area contributed by atoms with Gasteiger partial charge >= 0.3 is 0 Å². The second kappa shape index (κ2) is 3.58. The molecule has 0 unspecified atom stereocenters. The Labute approximate surface area is 96.5 Å². The molecule has 0 aliphatic carbocycles. The summed E-state index contributed by atoms with van der Waals surface area (Å²) in [7, 11) is 0. The van der Waals surface area contributed by atoms with Gasteiger partial charge in [-0.05, 0) is 18.1 Å². The molecular formula is C13H19N3. The van der Waals surface area contributed by atoms with Crippen LogP contribution in [-0.2, 0) is 5.41 Å². The molecule has 2 heterocycles. The zero-order chi connectivity index (χ0) is 11.9. The molecule has 0 spiro atoms. The quantitative estimate of drug-likeness (QED) is 0.734. The fourth-order valence-corrected chi connectivity index (χ4v) is 1.68. The number of rotatable bonds is 1. The third-order valence-corrected chi connectivity index (χ3v) is 2.65. The lowest BCUT2D eigenvalue weighted by molar-refractivity contribution is 0.543. The summed E-state index contributed by atoms with van der Waals surface area (Å²) in [5, 5.41) is 4.61. The molecule has 0 aliphatic heterocycles. The third kappa shape index (κ3) is 1.82.